The minimum Gasteiger partial charge on any atom is -0.495 e. The van der Waals surface area contributed by atoms with Crippen molar-refractivity contribution in [1.82, 2.24) is 9.97 Å². The van der Waals surface area contributed by atoms with Crippen molar-refractivity contribution >= 4 is 28.9 Å². The minimum atomic E-state index is 0.520. The van der Waals surface area contributed by atoms with Crippen LogP contribution in [0.3, 0.4) is 0 Å². The van der Waals surface area contributed by atoms with Crippen LogP contribution in [0.2, 0.25) is 5.02 Å². The third-order valence-electron chi connectivity index (χ3n) is 2.24. The summed E-state index contributed by atoms with van der Waals surface area (Å²) in [5.74, 6) is 7.02. The van der Waals surface area contributed by atoms with Gasteiger partial charge in [-0.2, -0.15) is 0 Å². The van der Waals surface area contributed by atoms with E-state index in [-0.39, 0.29) is 0 Å². The molecule has 0 unspecified atom stereocenters. The van der Waals surface area contributed by atoms with E-state index in [1.165, 1.54) is 6.33 Å². The molecule has 0 bridgehead atoms. The minimum absolute atomic E-state index is 0.520. The molecule has 0 saturated carbocycles. The summed E-state index contributed by atoms with van der Waals surface area (Å²) in [6.07, 6.45) is 1.41. The van der Waals surface area contributed by atoms with Crippen LogP contribution >= 0.6 is 11.6 Å². The Hall–Kier alpha value is -2.05. The third-order valence-corrected chi connectivity index (χ3v) is 2.53. The van der Waals surface area contributed by atoms with E-state index < -0.39 is 0 Å². The van der Waals surface area contributed by atoms with Crippen molar-refractivity contribution in [3.8, 4) is 5.75 Å². The van der Waals surface area contributed by atoms with Crippen molar-refractivity contribution in [2.45, 2.75) is 0 Å². The molecule has 7 heteroatoms. The van der Waals surface area contributed by atoms with Crippen LogP contribution in [0, 0.1) is 0 Å². The lowest BCUT2D eigenvalue weighted by atomic mass is 10.3. The van der Waals surface area contributed by atoms with E-state index >= 15 is 0 Å². The fourth-order valence-electron chi connectivity index (χ4n) is 1.40. The zero-order valence-corrected chi connectivity index (χ0v) is 10.4. The van der Waals surface area contributed by atoms with Gasteiger partial charge in [0.15, 0.2) is 0 Å². The highest BCUT2D eigenvalue weighted by Crippen LogP contribution is 2.28. The Labute approximate surface area is 109 Å². The van der Waals surface area contributed by atoms with Crippen LogP contribution in [-0.4, -0.2) is 17.1 Å². The molecule has 4 N–H and O–H groups in total. The molecule has 18 heavy (non-hydrogen) atoms. The van der Waals surface area contributed by atoms with Gasteiger partial charge >= 0.3 is 0 Å². The van der Waals surface area contributed by atoms with Gasteiger partial charge in [0, 0.05) is 11.8 Å². The molecule has 0 aliphatic heterocycles. The molecule has 94 valence electrons. The first-order chi connectivity index (χ1) is 8.72. The van der Waals surface area contributed by atoms with Crippen LogP contribution in [0.5, 0.6) is 5.75 Å². The number of nitrogens with zero attached hydrogens (tertiary/aromatic N) is 2. The number of rotatable bonds is 4. The summed E-state index contributed by atoms with van der Waals surface area (Å²) in [5, 5.41) is 3.61. The summed E-state index contributed by atoms with van der Waals surface area (Å²) < 4.78 is 5.07. The molecular formula is C11H12ClN5O. The number of methoxy groups -OCH3 is 1. The number of hydrazine groups is 1. The first-order valence-corrected chi connectivity index (χ1v) is 5.50. The number of halogens is 1. The summed E-state index contributed by atoms with van der Waals surface area (Å²) in [4.78, 5) is 7.97. The molecule has 1 heterocycles. The van der Waals surface area contributed by atoms with E-state index in [0.717, 1.165) is 5.69 Å². The van der Waals surface area contributed by atoms with Crippen molar-refractivity contribution in [3.63, 3.8) is 0 Å². The second kappa shape index (κ2) is 5.52. The zero-order valence-electron chi connectivity index (χ0n) is 9.64. The molecule has 0 radical (unpaired) electrons. The molecule has 0 spiro atoms. The van der Waals surface area contributed by atoms with Gasteiger partial charge in [-0.1, -0.05) is 11.6 Å². The van der Waals surface area contributed by atoms with Crippen LogP contribution < -0.4 is 21.3 Å². The normalized spacial score (nSPS) is 9.94. The molecule has 0 aliphatic rings. The van der Waals surface area contributed by atoms with E-state index in [1.54, 1.807) is 25.3 Å². The summed E-state index contributed by atoms with van der Waals surface area (Å²) in [6, 6.07) is 7.03. The molecule has 0 amide bonds. The van der Waals surface area contributed by atoms with Crippen LogP contribution in [0.15, 0.2) is 30.6 Å². The quantitative estimate of drug-likeness (QED) is 0.580. The second-order valence-corrected chi connectivity index (χ2v) is 3.81. The summed E-state index contributed by atoms with van der Waals surface area (Å²) in [5.41, 5.74) is 3.24. The van der Waals surface area contributed by atoms with Gasteiger partial charge in [0.25, 0.3) is 0 Å². The van der Waals surface area contributed by atoms with Gasteiger partial charge in [-0.15, -0.1) is 0 Å². The predicted molar refractivity (Wildman–Crippen MR) is 71.1 cm³/mol. The van der Waals surface area contributed by atoms with E-state index in [4.69, 9.17) is 22.2 Å². The van der Waals surface area contributed by atoms with Gasteiger partial charge in [0.05, 0.1) is 12.1 Å². The van der Waals surface area contributed by atoms with Gasteiger partial charge < -0.3 is 15.5 Å². The summed E-state index contributed by atoms with van der Waals surface area (Å²) in [7, 11) is 1.57. The number of nitrogen functional groups attached to an aromatic ring is 1. The van der Waals surface area contributed by atoms with Crippen LogP contribution in [0.4, 0.5) is 17.3 Å². The van der Waals surface area contributed by atoms with Crippen LogP contribution in [0.1, 0.15) is 0 Å². The molecule has 1 aromatic carbocycles. The fourth-order valence-corrected chi connectivity index (χ4v) is 1.65. The van der Waals surface area contributed by atoms with E-state index in [2.05, 4.69) is 20.7 Å². The van der Waals surface area contributed by atoms with Crippen molar-refractivity contribution in [1.29, 1.82) is 0 Å². The fraction of sp³-hybridized carbons (Fsp3) is 0.0909. The van der Waals surface area contributed by atoms with Gasteiger partial charge in [0.1, 0.15) is 23.7 Å². The molecule has 6 nitrogen and oxygen atoms in total. The maximum absolute atomic E-state index is 6.02. The first-order valence-electron chi connectivity index (χ1n) is 5.12. The lowest BCUT2D eigenvalue weighted by Crippen LogP contribution is -2.09. The number of nitrogens with one attached hydrogen (secondary N) is 2. The van der Waals surface area contributed by atoms with Crippen molar-refractivity contribution in [3.05, 3.63) is 35.6 Å². The topological polar surface area (TPSA) is 85.1 Å². The molecule has 2 rings (SSSR count). The third kappa shape index (κ3) is 2.79. The summed E-state index contributed by atoms with van der Waals surface area (Å²) in [6.45, 7) is 0. The lowest BCUT2D eigenvalue weighted by Gasteiger charge is -2.08. The Morgan fingerprint density at radius 3 is 2.67 bits per heavy atom. The molecular weight excluding hydrogens is 254 g/mol. The molecule has 0 aliphatic carbocycles. The Morgan fingerprint density at radius 1 is 1.22 bits per heavy atom. The number of anilines is 3. The van der Waals surface area contributed by atoms with Crippen LogP contribution in [0.25, 0.3) is 0 Å². The van der Waals surface area contributed by atoms with E-state index in [9.17, 15) is 0 Å². The molecule has 2 aromatic rings. The van der Waals surface area contributed by atoms with Crippen molar-refractivity contribution in [2.24, 2.45) is 5.84 Å². The number of nitrogens with two attached hydrogens (primary N) is 1. The predicted octanol–water partition coefficient (Wildman–Crippen LogP) is 2.17. The average molecular weight is 266 g/mol. The maximum atomic E-state index is 6.02. The Morgan fingerprint density at radius 2 is 2.00 bits per heavy atom. The van der Waals surface area contributed by atoms with Gasteiger partial charge in [-0.3, -0.25) is 0 Å². The summed E-state index contributed by atoms with van der Waals surface area (Å²) >= 11 is 6.02. The first kappa shape index (κ1) is 12.4. The molecule has 0 saturated heterocycles. The molecule has 0 fully saturated rings. The maximum Gasteiger partial charge on any atom is 0.145 e. The highest BCUT2D eigenvalue weighted by atomic mass is 35.5. The largest absolute Gasteiger partial charge is 0.495 e. The highest BCUT2D eigenvalue weighted by Gasteiger charge is 2.03. The van der Waals surface area contributed by atoms with Gasteiger partial charge in [-0.25, -0.2) is 15.8 Å². The Bertz CT molecular complexity index is 549. The van der Waals surface area contributed by atoms with Gasteiger partial charge in [-0.05, 0) is 18.2 Å². The number of hydrogen-bond donors (Lipinski definition) is 3. The van der Waals surface area contributed by atoms with Crippen molar-refractivity contribution in [2.75, 3.05) is 17.9 Å². The second-order valence-electron chi connectivity index (χ2n) is 3.41. The SMILES string of the molecule is COc1ccc(Nc2cc(NN)ncn2)cc1Cl. The number of hydrogen-bond acceptors (Lipinski definition) is 6. The molecule has 1 aromatic heterocycles. The van der Waals surface area contributed by atoms with E-state index in [0.29, 0.717) is 22.4 Å². The zero-order chi connectivity index (χ0) is 13.0. The number of benzene rings is 1. The highest BCUT2D eigenvalue weighted by molar-refractivity contribution is 6.32. The van der Waals surface area contributed by atoms with Gasteiger partial charge in [0.2, 0.25) is 0 Å². The molecule has 0 atom stereocenters. The van der Waals surface area contributed by atoms with E-state index in [1.807, 2.05) is 6.07 Å². The monoisotopic (exact) mass is 265 g/mol. The number of ether oxygens (including phenoxy) is 1. The smallest absolute Gasteiger partial charge is 0.145 e. The van der Waals surface area contributed by atoms with Crippen molar-refractivity contribution < 1.29 is 4.74 Å². The Kier molecular flexibility index (Phi) is 3.81. The average Bonchev–Trinajstić information content (AvgIpc) is 2.39. The lowest BCUT2D eigenvalue weighted by molar-refractivity contribution is 0.415. The van der Waals surface area contributed by atoms with Crippen LogP contribution in [-0.2, 0) is 0 Å². The Balaban J connectivity index is 2.20. The standard InChI is InChI=1S/C11H12ClN5O/c1-18-9-3-2-7(4-8(9)12)16-10-5-11(17-13)15-6-14-10/h2-6H,13H2,1H3,(H2,14,15,16,17). The number of aromatic nitrogens is 2.